The Morgan fingerprint density at radius 2 is 1.64 bits per heavy atom. The molecule has 0 unspecified atom stereocenters. The molecule has 0 atom stereocenters. The second-order valence-corrected chi connectivity index (χ2v) is 11.1. The number of benzene rings is 2. The molecule has 1 heterocycles. The Labute approximate surface area is 199 Å². The van der Waals surface area contributed by atoms with Crippen LogP contribution in [0.5, 0.6) is 0 Å². The van der Waals surface area contributed by atoms with Crippen LogP contribution in [-0.2, 0) is 16.0 Å². The number of hydrogen-bond acceptors (Lipinski definition) is 5. The molecular weight excluding hydrogens is 436 g/mol. The second-order valence-electron chi connectivity index (χ2n) is 9.96. The van der Waals surface area contributed by atoms with Gasteiger partial charge in [0.25, 0.3) is 0 Å². The third kappa shape index (κ3) is 6.78. The summed E-state index contributed by atoms with van der Waals surface area (Å²) in [5, 5.41) is 0.817. The molecule has 0 saturated carbocycles. The highest BCUT2D eigenvalue weighted by Gasteiger charge is 2.22. The number of fused-ring (bicyclic) bond motifs is 1. The Morgan fingerprint density at radius 1 is 0.970 bits per heavy atom. The lowest BCUT2D eigenvalue weighted by atomic mass is 10.1. The molecule has 0 fully saturated rings. The number of amides is 1. The van der Waals surface area contributed by atoms with Crippen molar-refractivity contribution in [3.05, 3.63) is 59.8 Å². The van der Waals surface area contributed by atoms with Crippen LogP contribution in [-0.4, -0.2) is 40.2 Å². The summed E-state index contributed by atoms with van der Waals surface area (Å²) in [4.78, 5) is 31.8. The van der Waals surface area contributed by atoms with Crippen molar-refractivity contribution < 1.29 is 19.1 Å². The van der Waals surface area contributed by atoms with E-state index in [9.17, 15) is 9.59 Å². The van der Waals surface area contributed by atoms with Gasteiger partial charge in [-0.15, -0.1) is 0 Å². The SMILES string of the molecule is CN(Cc1ccccc1Sc1ccc2[nH]cc(C(=O)OC(C)(C)C)c2c1)C(=O)OC(C)(C)C. The molecule has 176 valence electrons. The molecule has 0 saturated heterocycles. The lowest BCUT2D eigenvalue weighted by Gasteiger charge is -2.25. The van der Waals surface area contributed by atoms with Crippen LogP contribution in [0.1, 0.15) is 57.5 Å². The molecule has 3 aromatic rings. The molecule has 0 spiro atoms. The van der Waals surface area contributed by atoms with Crippen LogP contribution >= 0.6 is 11.8 Å². The smallest absolute Gasteiger partial charge is 0.410 e. The number of esters is 1. The van der Waals surface area contributed by atoms with Crippen LogP contribution in [0.3, 0.4) is 0 Å². The van der Waals surface area contributed by atoms with Crippen molar-refractivity contribution in [3.8, 4) is 0 Å². The first-order valence-corrected chi connectivity index (χ1v) is 11.7. The highest BCUT2D eigenvalue weighted by molar-refractivity contribution is 7.99. The summed E-state index contributed by atoms with van der Waals surface area (Å²) in [6.45, 7) is 11.5. The lowest BCUT2D eigenvalue weighted by Crippen LogP contribution is -2.33. The van der Waals surface area contributed by atoms with Crippen molar-refractivity contribution in [2.24, 2.45) is 0 Å². The number of aromatic nitrogens is 1. The van der Waals surface area contributed by atoms with Crippen LogP contribution in [0.4, 0.5) is 4.79 Å². The molecule has 0 radical (unpaired) electrons. The Hall–Kier alpha value is -2.93. The monoisotopic (exact) mass is 468 g/mol. The number of H-pyrrole nitrogens is 1. The average molecular weight is 469 g/mol. The zero-order valence-electron chi connectivity index (χ0n) is 20.3. The molecule has 1 N–H and O–H groups in total. The summed E-state index contributed by atoms with van der Waals surface area (Å²) in [6, 6.07) is 13.9. The predicted molar refractivity (Wildman–Crippen MR) is 132 cm³/mol. The van der Waals surface area contributed by atoms with Crippen molar-refractivity contribution in [1.29, 1.82) is 0 Å². The number of aromatic amines is 1. The van der Waals surface area contributed by atoms with Gasteiger partial charge in [-0.25, -0.2) is 9.59 Å². The van der Waals surface area contributed by atoms with Gasteiger partial charge in [-0.05, 0) is 71.4 Å². The van der Waals surface area contributed by atoms with Gasteiger partial charge in [-0.3, -0.25) is 0 Å². The largest absolute Gasteiger partial charge is 0.456 e. The standard InChI is InChI=1S/C26H32N2O4S/c1-25(2,3)31-23(29)20-15-27-21-13-12-18(14-19(20)21)33-22-11-9-8-10-17(22)16-28(7)24(30)32-26(4,5)6/h8-15,27H,16H2,1-7H3. The molecule has 1 aromatic heterocycles. The molecule has 0 aliphatic heterocycles. The van der Waals surface area contributed by atoms with Gasteiger partial charge >= 0.3 is 12.1 Å². The van der Waals surface area contributed by atoms with Crippen LogP contribution in [0.15, 0.2) is 58.5 Å². The fourth-order valence-electron chi connectivity index (χ4n) is 3.19. The summed E-state index contributed by atoms with van der Waals surface area (Å²) >= 11 is 1.59. The van der Waals surface area contributed by atoms with E-state index in [-0.39, 0.29) is 12.1 Å². The minimum Gasteiger partial charge on any atom is -0.456 e. The van der Waals surface area contributed by atoms with E-state index in [4.69, 9.17) is 9.47 Å². The zero-order chi connectivity index (χ0) is 24.4. The minimum atomic E-state index is -0.563. The van der Waals surface area contributed by atoms with E-state index in [2.05, 4.69) is 4.98 Å². The van der Waals surface area contributed by atoms with E-state index in [0.717, 1.165) is 26.3 Å². The van der Waals surface area contributed by atoms with E-state index in [1.807, 2.05) is 84.0 Å². The first kappa shape index (κ1) is 24.7. The van der Waals surface area contributed by atoms with Crippen molar-refractivity contribution >= 4 is 34.7 Å². The summed E-state index contributed by atoms with van der Waals surface area (Å²) in [6.07, 6.45) is 1.33. The van der Waals surface area contributed by atoms with Crippen molar-refractivity contribution in [2.75, 3.05) is 7.05 Å². The molecule has 6 nitrogen and oxygen atoms in total. The van der Waals surface area contributed by atoms with Crippen LogP contribution in [0.2, 0.25) is 0 Å². The summed E-state index contributed by atoms with van der Waals surface area (Å²) in [5.74, 6) is -0.352. The molecular formula is C26H32N2O4S. The van der Waals surface area contributed by atoms with E-state index in [1.165, 1.54) is 0 Å². The minimum absolute atomic E-state index is 0.352. The Bertz CT molecular complexity index is 1160. The molecule has 7 heteroatoms. The maximum Gasteiger partial charge on any atom is 0.410 e. The number of nitrogens with one attached hydrogen (secondary N) is 1. The first-order valence-electron chi connectivity index (χ1n) is 10.9. The fraction of sp³-hybridized carbons (Fsp3) is 0.385. The number of nitrogens with zero attached hydrogens (tertiary/aromatic N) is 1. The number of ether oxygens (including phenoxy) is 2. The second kappa shape index (κ2) is 9.51. The molecule has 0 aliphatic rings. The van der Waals surface area contributed by atoms with Crippen LogP contribution in [0, 0.1) is 0 Å². The molecule has 33 heavy (non-hydrogen) atoms. The maximum atomic E-state index is 12.6. The van der Waals surface area contributed by atoms with Gasteiger partial charge in [0.15, 0.2) is 0 Å². The molecule has 3 rings (SSSR count). The molecule has 0 bridgehead atoms. The van der Waals surface area contributed by atoms with Gasteiger partial charge in [-0.1, -0.05) is 30.0 Å². The Balaban J connectivity index is 1.83. The van der Waals surface area contributed by atoms with Crippen LogP contribution in [0.25, 0.3) is 10.9 Å². The summed E-state index contributed by atoms with van der Waals surface area (Å²) < 4.78 is 11.0. The predicted octanol–water partition coefficient (Wildman–Crippen LogP) is 6.64. The number of hydrogen-bond donors (Lipinski definition) is 1. The highest BCUT2D eigenvalue weighted by atomic mass is 32.2. The van der Waals surface area contributed by atoms with Crippen LogP contribution < -0.4 is 0 Å². The molecule has 1 amide bonds. The third-order valence-electron chi connectivity index (χ3n) is 4.59. The summed E-state index contributed by atoms with van der Waals surface area (Å²) in [5.41, 5.74) is 1.29. The number of carbonyl (C=O) groups is 2. The average Bonchev–Trinajstić information content (AvgIpc) is 3.10. The van der Waals surface area contributed by atoms with Gasteiger partial charge in [0.05, 0.1) is 5.56 Å². The van der Waals surface area contributed by atoms with E-state index in [1.54, 1.807) is 29.9 Å². The molecule has 0 aliphatic carbocycles. The van der Waals surface area contributed by atoms with Crippen molar-refractivity contribution in [1.82, 2.24) is 9.88 Å². The van der Waals surface area contributed by atoms with Gasteiger partial charge in [0.2, 0.25) is 0 Å². The summed E-state index contributed by atoms with van der Waals surface area (Å²) in [7, 11) is 1.73. The normalized spacial score (nSPS) is 12.0. The zero-order valence-corrected chi connectivity index (χ0v) is 21.1. The van der Waals surface area contributed by atoms with Gasteiger partial charge in [0.1, 0.15) is 11.2 Å². The van der Waals surface area contributed by atoms with Gasteiger partial charge in [-0.2, -0.15) is 0 Å². The fourth-order valence-corrected chi connectivity index (χ4v) is 4.16. The van der Waals surface area contributed by atoms with Crippen molar-refractivity contribution in [3.63, 3.8) is 0 Å². The van der Waals surface area contributed by atoms with E-state index < -0.39 is 11.2 Å². The maximum absolute atomic E-state index is 12.6. The van der Waals surface area contributed by atoms with Crippen molar-refractivity contribution in [2.45, 2.75) is 69.1 Å². The topological polar surface area (TPSA) is 71.6 Å². The Kier molecular flexibility index (Phi) is 7.12. The number of rotatable bonds is 5. The first-order chi connectivity index (χ1) is 15.3. The lowest BCUT2D eigenvalue weighted by molar-refractivity contribution is 0.00713. The van der Waals surface area contributed by atoms with Gasteiger partial charge < -0.3 is 19.4 Å². The van der Waals surface area contributed by atoms with E-state index in [0.29, 0.717) is 12.1 Å². The third-order valence-corrected chi connectivity index (χ3v) is 5.69. The van der Waals surface area contributed by atoms with E-state index >= 15 is 0 Å². The van der Waals surface area contributed by atoms with Gasteiger partial charge in [0, 0.05) is 40.5 Å². The highest BCUT2D eigenvalue weighted by Crippen LogP contribution is 2.34. The quantitative estimate of drug-likeness (QED) is 0.425. The Morgan fingerprint density at radius 3 is 2.30 bits per heavy atom. The number of carbonyl (C=O) groups excluding carboxylic acids is 2. The molecule has 2 aromatic carbocycles.